The summed E-state index contributed by atoms with van der Waals surface area (Å²) in [5, 5.41) is 5.96. The summed E-state index contributed by atoms with van der Waals surface area (Å²) in [6.07, 6.45) is 1.37. The molecule has 0 aliphatic carbocycles. The summed E-state index contributed by atoms with van der Waals surface area (Å²) in [6.45, 7) is 6.59. The van der Waals surface area contributed by atoms with Crippen molar-refractivity contribution < 1.29 is 9.53 Å². The molecular weight excluding hydrogens is 252 g/mol. The molecule has 2 N–H and O–H groups in total. The first kappa shape index (κ1) is 16.5. The van der Waals surface area contributed by atoms with Crippen molar-refractivity contribution in [2.24, 2.45) is 5.92 Å². The predicted molar refractivity (Wildman–Crippen MR) is 82.0 cm³/mol. The van der Waals surface area contributed by atoms with Crippen LogP contribution in [-0.4, -0.2) is 32.7 Å². The molecule has 112 valence electrons. The van der Waals surface area contributed by atoms with Crippen LogP contribution in [0.2, 0.25) is 0 Å². The minimum absolute atomic E-state index is 0.0666. The minimum Gasteiger partial charge on any atom is -0.493 e. The highest BCUT2D eigenvalue weighted by Gasteiger charge is 2.03. The van der Waals surface area contributed by atoms with E-state index in [2.05, 4.69) is 24.5 Å². The zero-order valence-corrected chi connectivity index (χ0v) is 12.7. The number of rotatable bonds is 9. The molecule has 4 heteroatoms. The van der Waals surface area contributed by atoms with Gasteiger partial charge in [0.2, 0.25) is 5.91 Å². The molecule has 0 saturated heterocycles. The fraction of sp³-hybridized carbons (Fsp3) is 0.562. The second kappa shape index (κ2) is 9.37. The van der Waals surface area contributed by atoms with Gasteiger partial charge in [-0.2, -0.15) is 0 Å². The molecule has 1 rings (SSSR count). The van der Waals surface area contributed by atoms with Gasteiger partial charge in [-0.1, -0.05) is 26.0 Å². The Balaban J connectivity index is 2.31. The van der Waals surface area contributed by atoms with Gasteiger partial charge in [0.15, 0.2) is 0 Å². The molecule has 1 aromatic rings. The number of hydrogen-bond acceptors (Lipinski definition) is 3. The third-order valence-electron chi connectivity index (χ3n) is 2.80. The summed E-state index contributed by atoms with van der Waals surface area (Å²) in [6, 6.07) is 7.74. The van der Waals surface area contributed by atoms with Crippen molar-refractivity contribution >= 4 is 5.91 Å². The fourth-order valence-electron chi connectivity index (χ4n) is 1.71. The predicted octanol–water partition coefficient (Wildman–Crippen LogP) is 1.99. The molecular formula is C16H26N2O2. The molecule has 0 spiro atoms. The number of benzene rings is 1. The molecule has 0 atom stereocenters. The summed E-state index contributed by atoms with van der Waals surface area (Å²) in [5.41, 5.74) is 1.01. The summed E-state index contributed by atoms with van der Waals surface area (Å²) in [4.78, 5) is 11.7. The monoisotopic (exact) mass is 278 g/mol. The van der Waals surface area contributed by atoms with Gasteiger partial charge in [-0.05, 0) is 43.6 Å². The lowest BCUT2D eigenvalue weighted by molar-refractivity contribution is -0.120. The van der Waals surface area contributed by atoms with E-state index in [0.29, 0.717) is 18.9 Å². The third kappa shape index (κ3) is 7.14. The molecule has 0 aliphatic rings. The van der Waals surface area contributed by atoms with Gasteiger partial charge < -0.3 is 15.4 Å². The quantitative estimate of drug-likeness (QED) is 0.679. The topological polar surface area (TPSA) is 50.4 Å². The highest BCUT2D eigenvalue weighted by atomic mass is 16.5. The molecule has 4 nitrogen and oxygen atoms in total. The van der Waals surface area contributed by atoms with E-state index in [9.17, 15) is 4.79 Å². The van der Waals surface area contributed by atoms with E-state index in [1.165, 1.54) is 0 Å². The normalized spacial score (nSPS) is 10.6. The van der Waals surface area contributed by atoms with E-state index in [1.807, 2.05) is 31.3 Å². The van der Waals surface area contributed by atoms with Crippen LogP contribution >= 0.6 is 0 Å². The highest BCUT2D eigenvalue weighted by molar-refractivity contribution is 5.78. The third-order valence-corrected chi connectivity index (χ3v) is 2.80. The van der Waals surface area contributed by atoms with Crippen LogP contribution in [0.5, 0.6) is 5.75 Å². The second-order valence-corrected chi connectivity index (χ2v) is 5.33. The van der Waals surface area contributed by atoms with Crippen LogP contribution in [-0.2, 0) is 11.2 Å². The Morgan fingerprint density at radius 3 is 2.50 bits per heavy atom. The number of hydrogen-bond donors (Lipinski definition) is 2. The van der Waals surface area contributed by atoms with Crippen LogP contribution in [0.15, 0.2) is 24.3 Å². The Kier molecular flexibility index (Phi) is 7.73. The molecule has 0 heterocycles. The highest BCUT2D eigenvalue weighted by Crippen LogP contribution is 2.13. The Morgan fingerprint density at radius 1 is 1.20 bits per heavy atom. The maximum atomic E-state index is 11.7. The summed E-state index contributed by atoms with van der Waals surface area (Å²) >= 11 is 0. The number of carbonyl (C=O) groups is 1. The molecule has 0 saturated carbocycles. The van der Waals surface area contributed by atoms with Gasteiger partial charge >= 0.3 is 0 Å². The molecule has 1 aromatic carbocycles. The number of amides is 1. The maximum absolute atomic E-state index is 11.7. The SMILES string of the molecule is CNCCCNC(=O)Cc1ccc(OCC(C)C)cc1. The van der Waals surface area contributed by atoms with E-state index in [4.69, 9.17) is 4.74 Å². The van der Waals surface area contributed by atoms with Crippen molar-refractivity contribution in [3.8, 4) is 5.75 Å². The zero-order valence-electron chi connectivity index (χ0n) is 12.7. The van der Waals surface area contributed by atoms with E-state index in [1.54, 1.807) is 0 Å². The second-order valence-electron chi connectivity index (χ2n) is 5.33. The van der Waals surface area contributed by atoms with Crippen LogP contribution < -0.4 is 15.4 Å². The van der Waals surface area contributed by atoms with E-state index in [0.717, 1.165) is 30.8 Å². The lowest BCUT2D eigenvalue weighted by atomic mass is 10.1. The van der Waals surface area contributed by atoms with Gasteiger partial charge in [-0.25, -0.2) is 0 Å². The van der Waals surface area contributed by atoms with E-state index in [-0.39, 0.29) is 5.91 Å². The fourth-order valence-corrected chi connectivity index (χ4v) is 1.71. The minimum atomic E-state index is 0.0666. The van der Waals surface area contributed by atoms with Gasteiger partial charge in [-0.3, -0.25) is 4.79 Å². The molecule has 0 bridgehead atoms. The van der Waals surface area contributed by atoms with Crippen molar-refractivity contribution in [1.82, 2.24) is 10.6 Å². The van der Waals surface area contributed by atoms with Crippen LogP contribution in [0.4, 0.5) is 0 Å². The molecule has 1 amide bonds. The number of nitrogens with one attached hydrogen (secondary N) is 2. The van der Waals surface area contributed by atoms with Crippen molar-refractivity contribution in [3.05, 3.63) is 29.8 Å². The molecule has 0 aromatic heterocycles. The van der Waals surface area contributed by atoms with Gasteiger partial charge in [0, 0.05) is 6.54 Å². The zero-order chi connectivity index (χ0) is 14.8. The first-order valence-corrected chi connectivity index (χ1v) is 7.25. The average Bonchev–Trinajstić information content (AvgIpc) is 2.43. The lowest BCUT2D eigenvalue weighted by Crippen LogP contribution is -2.27. The van der Waals surface area contributed by atoms with Gasteiger partial charge in [-0.15, -0.1) is 0 Å². The summed E-state index contributed by atoms with van der Waals surface area (Å²) < 4.78 is 5.61. The molecule has 20 heavy (non-hydrogen) atoms. The Labute approximate surface area is 121 Å². The summed E-state index contributed by atoms with van der Waals surface area (Å²) in [5.74, 6) is 1.44. The lowest BCUT2D eigenvalue weighted by Gasteiger charge is -2.09. The Bertz CT molecular complexity index is 388. The molecule has 0 radical (unpaired) electrons. The van der Waals surface area contributed by atoms with Gasteiger partial charge in [0.1, 0.15) is 5.75 Å². The van der Waals surface area contributed by atoms with Gasteiger partial charge in [0.25, 0.3) is 0 Å². The first-order valence-electron chi connectivity index (χ1n) is 7.25. The van der Waals surface area contributed by atoms with Gasteiger partial charge in [0.05, 0.1) is 13.0 Å². The van der Waals surface area contributed by atoms with Crippen molar-refractivity contribution in [2.75, 3.05) is 26.7 Å². The van der Waals surface area contributed by atoms with Crippen LogP contribution in [0.25, 0.3) is 0 Å². The molecule has 0 fully saturated rings. The van der Waals surface area contributed by atoms with Crippen LogP contribution in [0.1, 0.15) is 25.8 Å². The molecule has 0 unspecified atom stereocenters. The summed E-state index contributed by atoms with van der Waals surface area (Å²) in [7, 11) is 1.91. The van der Waals surface area contributed by atoms with E-state index >= 15 is 0 Å². The van der Waals surface area contributed by atoms with Crippen molar-refractivity contribution in [1.29, 1.82) is 0 Å². The molecule has 0 aliphatic heterocycles. The maximum Gasteiger partial charge on any atom is 0.224 e. The van der Waals surface area contributed by atoms with Crippen molar-refractivity contribution in [2.45, 2.75) is 26.7 Å². The van der Waals surface area contributed by atoms with Crippen molar-refractivity contribution in [3.63, 3.8) is 0 Å². The smallest absolute Gasteiger partial charge is 0.224 e. The first-order chi connectivity index (χ1) is 9.61. The number of ether oxygens (including phenoxy) is 1. The van der Waals surface area contributed by atoms with Crippen LogP contribution in [0, 0.1) is 5.92 Å². The van der Waals surface area contributed by atoms with Crippen LogP contribution in [0.3, 0.4) is 0 Å². The Hall–Kier alpha value is -1.55. The van der Waals surface area contributed by atoms with E-state index < -0.39 is 0 Å². The average molecular weight is 278 g/mol. The largest absolute Gasteiger partial charge is 0.493 e. The Morgan fingerprint density at radius 2 is 1.90 bits per heavy atom. The number of carbonyl (C=O) groups excluding carboxylic acids is 1. The standard InChI is InChI=1S/C16H26N2O2/c1-13(2)12-20-15-7-5-14(6-8-15)11-16(19)18-10-4-9-17-3/h5-8,13,17H,4,9-12H2,1-3H3,(H,18,19).